The lowest BCUT2D eigenvalue weighted by atomic mass is 10.1. The zero-order valence-corrected chi connectivity index (χ0v) is 14.7. The largest absolute Gasteiger partial charge is 0.376 e. The van der Waals surface area contributed by atoms with Crippen LogP contribution in [0.4, 0.5) is 5.69 Å². The monoisotopic (exact) mass is 353 g/mol. The fourth-order valence-corrected chi connectivity index (χ4v) is 3.06. The molecule has 4 nitrogen and oxygen atoms in total. The van der Waals surface area contributed by atoms with E-state index in [1.807, 2.05) is 60.7 Å². The molecule has 0 heterocycles. The highest BCUT2D eigenvalue weighted by Gasteiger charge is 2.01. The maximum Gasteiger partial charge on any atom is 0.259 e. The lowest BCUT2D eigenvalue weighted by Crippen LogP contribution is -2.25. The van der Waals surface area contributed by atoms with Crippen molar-refractivity contribution < 1.29 is 4.79 Å². The molecule has 0 aliphatic heterocycles. The minimum absolute atomic E-state index is 0.158. The third kappa shape index (κ3) is 3.96. The second kappa shape index (κ2) is 7.70. The molecule has 0 unspecified atom stereocenters. The Labute approximate surface area is 157 Å². The zero-order chi connectivity index (χ0) is 18.5. The number of anilines is 1. The third-order valence-corrected chi connectivity index (χ3v) is 4.42. The molecule has 0 aliphatic carbocycles. The van der Waals surface area contributed by atoms with Crippen molar-refractivity contribution in [2.45, 2.75) is 0 Å². The quantitative estimate of drug-likeness (QED) is 0.408. The Morgan fingerprint density at radius 3 is 2.44 bits per heavy atom. The minimum atomic E-state index is -0.195. The van der Waals surface area contributed by atoms with E-state index in [9.17, 15) is 4.79 Å². The normalized spacial score (nSPS) is 11.1. The van der Waals surface area contributed by atoms with E-state index in [0.717, 1.165) is 27.4 Å². The Kier molecular flexibility index (Phi) is 4.79. The Balaban J connectivity index is 1.37. The molecule has 1 amide bonds. The molecule has 132 valence electrons. The molecule has 0 radical (unpaired) electrons. The van der Waals surface area contributed by atoms with Gasteiger partial charge in [0.15, 0.2) is 0 Å². The van der Waals surface area contributed by atoms with Crippen molar-refractivity contribution >= 4 is 39.4 Å². The van der Waals surface area contributed by atoms with Crippen LogP contribution in [0.1, 0.15) is 5.56 Å². The molecule has 0 saturated carbocycles. The molecular formula is C23H19N3O. The molecule has 4 rings (SSSR count). The minimum Gasteiger partial charge on any atom is -0.376 e. The smallest absolute Gasteiger partial charge is 0.259 e. The number of hydrazone groups is 1. The summed E-state index contributed by atoms with van der Waals surface area (Å²) < 4.78 is 0. The summed E-state index contributed by atoms with van der Waals surface area (Å²) in [6.07, 6.45) is 1.68. The van der Waals surface area contributed by atoms with Gasteiger partial charge in [-0.05, 0) is 33.7 Å². The van der Waals surface area contributed by atoms with Crippen molar-refractivity contribution in [1.29, 1.82) is 0 Å². The van der Waals surface area contributed by atoms with E-state index in [1.54, 1.807) is 6.21 Å². The number of amides is 1. The first-order valence-electron chi connectivity index (χ1n) is 8.82. The van der Waals surface area contributed by atoms with Crippen LogP contribution in [0.15, 0.2) is 90.0 Å². The van der Waals surface area contributed by atoms with Gasteiger partial charge in [-0.25, -0.2) is 5.43 Å². The second-order valence-electron chi connectivity index (χ2n) is 6.28. The van der Waals surface area contributed by atoms with Crippen LogP contribution in [0.25, 0.3) is 21.5 Å². The van der Waals surface area contributed by atoms with Gasteiger partial charge in [0.05, 0.1) is 12.8 Å². The van der Waals surface area contributed by atoms with Crippen molar-refractivity contribution in [3.8, 4) is 0 Å². The van der Waals surface area contributed by atoms with E-state index >= 15 is 0 Å². The molecule has 0 fully saturated rings. The average Bonchev–Trinajstić information content (AvgIpc) is 2.72. The molecule has 2 N–H and O–H groups in total. The van der Waals surface area contributed by atoms with Gasteiger partial charge in [-0.1, -0.05) is 72.8 Å². The summed E-state index contributed by atoms with van der Waals surface area (Å²) in [7, 11) is 0. The summed E-state index contributed by atoms with van der Waals surface area (Å²) in [6, 6.07) is 28.3. The molecule has 4 heteroatoms. The summed E-state index contributed by atoms with van der Waals surface area (Å²) in [5.41, 5.74) is 4.44. The number of rotatable bonds is 5. The van der Waals surface area contributed by atoms with E-state index < -0.39 is 0 Å². The van der Waals surface area contributed by atoms with Crippen LogP contribution in [-0.2, 0) is 4.79 Å². The van der Waals surface area contributed by atoms with Gasteiger partial charge >= 0.3 is 0 Å². The molecule has 0 saturated heterocycles. The first kappa shape index (κ1) is 16.8. The summed E-state index contributed by atoms with van der Waals surface area (Å²) in [6.45, 7) is 0.158. The van der Waals surface area contributed by atoms with Crippen LogP contribution in [0.5, 0.6) is 0 Å². The highest BCUT2D eigenvalue weighted by molar-refractivity contribution is 6.00. The average molecular weight is 353 g/mol. The molecule has 0 bridgehead atoms. The lowest BCUT2D eigenvalue weighted by Gasteiger charge is -2.07. The van der Waals surface area contributed by atoms with Crippen LogP contribution in [0.2, 0.25) is 0 Å². The number of nitrogens with zero attached hydrogens (tertiary/aromatic N) is 1. The summed E-state index contributed by atoms with van der Waals surface area (Å²) >= 11 is 0. The van der Waals surface area contributed by atoms with E-state index in [4.69, 9.17) is 0 Å². The number of hydrogen-bond acceptors (Lipinski definition) is 3. The molecular weight excluding hydrogens is 334 g/mol. The van der Waals surface area contributed by atoms with Crippen molar-refractivity contribution in [2.24, 2.45) is 5.10 Å². The highest BCUT2D eigenvalue weighted by atomic mass is 16.2. The summed E-state index contributed by atoms with van der Waals surface area (Å²) in [5, 5.41) is 11.8. The summed E-state index contributed by atoms with van der Waals surface area (Å²) in [5.74, 6) is -0.195. The van der Waals surface area contributed by atoms with Gasteiger partial charge in [0.2, 0.25) is 0 Å². The molecule has 0 atom stereocenters. The lowest BCUT2D eigenvalue weighted by molar-refractivity contribution is -0.119. The molecule has 0 aromatic heterocycles. The van der Waals surface area contributed by atoms with Crippen LogP contribution >= 0.6 is 0 Å². The molecule has 0 aliphatic rings. The standard InChI is InChI=1S/C23H19N3O/c27-23(16-24-21-13-12-17-6-1-2-8-19(17)14-21)26-25-15-20-10-5-9-18-7-3-4-11-22(18)20/h1-15,24H,16H2,(H,26,27)/b25-15+. The highest BCUT2D eigenvalue weighted by Crippen LogP contribution is 2.18. The number of carbonyl (C=O) groups is 1. The topological polar surface area (TPSA) is 53.5 Å². The van der Waals surface area contributed by atoms with Gasteiger partial charge in [0, 0.05) is 11.3 Å². The van der Waals surface area contributed by atoms with Gasteiger partial charge in [-0.2, -0.15) is 5.10 Å². The van der Waals surface area contributed by atoms with Crippen LogP contribution in [0, 0.1) is 0 Å². The SMILES string of the molecule is O=C(CNc1ccc2ccccc2c1)N/N=C/c1cccc2ccccc12. The van der Waals surface area contributed by atoms with Crippen molar-refractivity contribution in [3.63, 3.8) is 0 Å². The van der Waals surface area contributed by atoms with Crippen molar-refractivity contribution in [1.82, 2.24) is 5.43 Å². The zero-order valence-electron chi connectivity index (χ0n) is 14.7. The fourth-order valence-electron chi connectivity index (χ4n) is 3.06. The molecule has 4 aromatic rings. The predicted molar refractivity (Wildman–Crippen MR) is 112 cm³/mol. The van der Waals surface area contributed by atoms with E-state index in [-0.39, 0.29) is 12.5 Å². The van der Waals surface area contributed by atoms with Crippen LogP contribution < -0.4 is 10.7 Å². The number of hydrogen-bond donors (Lipinski definition) is 2. The predicted octanol–water partition coefficient (Wildman–Crippen LogP) is 4.56. The Morgan fingerprint density at radius 2 is 1.56 bits per heavy atom. The van der Waals surface area contributed by atoms with E-state index in [2.05, 4.69) is 40.1 Å². The number of benzene rings is 4. The van der Waals surface area contributed by atoms with Gasteiger partial charge in [-0.15, -0.1) is 0 Å². The maximum absolute atomic E-state index is 12.0. The van der Waals surface area contributed by atoms with E-state index in [1.165, 1.54) is 5.39 Å². The molecule has 27 heavy (non-hydrogen) atoms. The molecule has 0 spiro atoms. The van der Waals surface area contributed by atoms with Gasteiger partial charge in [0.1, 0.15) is 0 Å². The third-order valence-electron chi connectivity index (χ3n) is 4.42. The van der Waals surface area contributed by atoms with Crippen LogP contribution in [-0.4, -0.2) is 18.7 Å². The van der Waals surface area contributed by atoms with Gasteiger partial charge in [-0.3, -0.25) is 4.79 Å². The Morgan fingerprint density at radius 1 is 0.815 bits per heavy atom. The number of carbonyl (C=O) groups excluding carboxylic acids is 1. The Bertz CT molecular complexity index is 1130. The van der Waals surface area contributed by atoms with Crippen molar-refractivity contribution in [3.05, 3.63) is 90.5 Å². The first-order valence-corrected chi connectivity index (χ1v) is 8.82. The van der Waals surface area contributed by atoms with E-state index in [0.29, 0.717) is 0 Å². The van der Waals surface area contributed by atoms with Gasteiger partial charge < -0.3 is 5.32 Å². The van der Waals surface area contributed by atoms with Gasteiger partial charge in [0.25, 0.3) is 5.91 Å². The van der Waals surface area contributed by atoms with Crippen LogP contribution in [0.3, 0.4) is 0 Å². The number of nitrogens with one attached hydrogen (secondary N) is 2. The van der Waals surface area contributed by atoms with Crippen molar-refractivity contribution in [2.75, 3.05) is 11.9 Å². The number of fused-ring (bicyclic) bond motifs is 2. The summed E-state index contributed by atoms with van der Waals surface area (Å²) in [4.78, 5) is 12.0. The molecule has 4 aromatic carbocycles. The maximum atomic E-state index is 12.0. The fraction of sp³-hybridized carbons (Fsp3) is 0.0435. The second-order valence-corrected chi connectivity index (χ2v) is 6.28. The first-order chi connectivity index (χ1) is 13.3. The Hall–Kier alpha value is -3.66.